The predicted molar refractivity (Wildman–Crippen MR) is 98.2 cm³/mol. The molecule has 4 nitrogen and oxygen atoms in total. The quantitative estimate of drug-likeness (QED) is 0.685. The van der Waals surface area contributed by atoms with Crippen molar-refractivity contribution in [3.05, 3.63) is 29.8 Å². The van der Waals surface area contributed by atoms with Crippen molar-refractivity contribution in [2.45, 2.75) is 52.5 Å². The molecule has 0 bridgehead atoms. The van der Waals surface area contributed by atoms with Gasteiger partial charge in [-0.2, -0.15) is 0 Å². The number of aryl methyl sites for hydroxylation is 1. The van der Waals surface area contributed by atoms with E-state index < -0.39 is 0 Å². The number of benzene rings is 1. The summed E-state index contributed by atoms with van der Waals surface area (Å²) in [6.45, 7) is 7.58. The lowest BCUT2D eigenvalue weighted by atomic mass is 10.0. The first kappa shape index (κ1) is 21.7. The highest BCUT2D eigenvalue weighted by Gasteiger charge is 2.12. The molecule has 1 aromatic carbocycles. The highest BCUT2D eigenvalue weighted by Crippen LogP contribution is 2.13. The van der Waals surface area contributed by atoms with Gasteiger partial charge in [0.25, 0.3) is 0 Å². The molecule has 1 atom stereocenters. The summed E-state index contributed by atoms with van der Waals surface area (Å²) in [7, 11) is 0. The summed E-state index contributed by atoms with van der Waals surface area (Å²) in [6.07, 6.45) is 3.15. The first-order valence-corrected chi connectivity index (χ1v) is 8.26. The Bertz CT molecular complexity index is 435. The van der Waals surface area contributed by atoms with Gasteiger partial charge in [0.2, 0.25) is 5.91 Å². The molecule has 1 rings (SSSR count). The summed E-state index contributed by atoms with van der Waals surface area (Å²) >= 11 is 0. The third-order valence-electron chi connectivity index (χ3n) is 3.44. The summed E-state index contributed by atoms with van der Waals surface area (Å²) < 4.78 is 5.55. The number of halogens is 1. The number of carbonyl (C=O) groups excluding carboxylic acids is 1. The number of hydrogen-bond acceptors (Lipinski definition) is 3. The second-order valence-electron chi connectivity index (χ2n) is 6.12. The maximum atomic E-state index is 12.0. The minimum atomic E-state index is 0. The van der Waals surface area contributed by atoms with Crippen molar-refractivity contribution in [2.24, 2.45) is 11.7 Å². The van der Waals surface area contributed by atoms with Crippen molar-refractivity contribution in [2.75, 3.05) is 13.2 Å². The molecule has 0 saturated carbocycles. The summed E-state index contributed by atoms with van der Waals surface area (Å²) in [4.78, 5) is 12.0. The van der Waals surface area contributed by atoms with Crippen LogP contribution >= 0.6 is 12.4 Å². The molecule has 0 fully saturated rings. The van der Waals surface area contributed by atoms with Crippen LogP contribution in [0.15, 0.2) is 24.3 Å². The second kappa shape index (κ2) is 12.2. The Balaban J connectivity index is 0.00000484. The first-order chi connectivity index (χ1) is 10.5. The summed E-state index contributed by atoms with van der Waals surface area (Å²) in [6, 6.07) is 8.05. The van der Waals surface area contributed by atoms with E-state index >= 15 is 0 Å². The lowest BCUT2D eigenvalue weighted by molar-refractivity contribution is -0.121. The van der Waals surface area contributed by atoms with Crippen molar-refractivity contribution < 1.29 is 9.53 Å². The zero-order valence-corrected chi connectivity index (χ0v) is 15.3. The summed E-state index contributed by atoms with van der Waals surface area (Å²) in [5.74, 6) is 1.49. The van der Waals surface area contributed by atoms with Crippen molar-refractivity contribution >= 4 is 18.3 Å². The molecule has 23 heavy (non-hydrogen) atoms. The van der Waals surface area contributed by atoms with Gasteiger partial charge in [-0.25, -0.2) is 0 Å². The molecule has 1 unspecified atom stereocenters. The fraction of sp³-hybridized carbons (Fsp3) is 0.611. The zero-order valence-electron chi connectivity index (χ0n) is 14.5. The Morgan fingerprint density at radius 3 is 2.43 bits per heavy atom. The van der Waals surface area contributed by atoms with Crippen LogP contribution < -0.4 is 15.8 Å². The number of nitrogens with one attached hydrogen (secondary N) is 1. The second-order valence-corrected chi connectivity index (χ2v) is 6.12. The average Bonchev–Trinajstić information content (AvgIpc) is 2.50. The Hall–Kier alpha value is -1.26. The van der Waals surface area contributed by atoms with Crippen molar-refractivity contribution in [3.63, 3.8) is 0 Å². The molecule has 0 radical (unpaired) electrons. The number of hydrogen-bond donors (Lipinski definition) is 2. The van der Waals surface area contributed by atoms with Gasteiger partial charge in [0.1, 0.15) is 5.75 Å². The van der Waals surface area contributed by atoms with E-state index in [4.69, 9.17) is 10.5 Å². The molecule has 0 spiro atoms. The van der Waals surface area contributed by atoms with Gasteiger partial charge < -0.3 is 15.8 Å². The number of nitrogens with two attached hydrogens (primary N) is 1. The third kappa shape index (κ3) is 9.47. The number of ether oxygens (including phenoxy) is 1. The number of rotatable bonds is 10. The Labute approximate surface area is 146 Å². The minimum absolute atomic E-state index is 0. The van der Waals surface area contributed by atoms with Gasteiger partial charge in [0, 0.05) is 19.0 Å². The third-order valence-corrected chi connectivity index (χ3v) is 3.44. The van der Waals surface area contributed by atoms with E-state index in [1.54, 1.807) is 0 Å². The fourth-order valence-corrected chi connectivity index (χ4v) is 2.31. The van der Waals surface area contributed by atoms with E-state index in [-0.39, 0.29) is 24.4 Å². The lowest BCUT2D eigenvalue weighted by Crippen LogP contribution is -2.41. The molecule has 0 aliphatic carbocycles. The van der Waals surface area contributed by atoms with Gasteiger partial charge in [-0.05, 0) is 42.9 Å². The van der Waals surface area contributed by atoms with Crippen LogP contribution in [-0.4, -0.2) is 25.1 Å². The van der Waals surface area contributed by atoms with Gasteiger partial charge in [-0.1, -0.05) is 32.9 Å². The number of carbonyl (C=O) groups is 1. The molecule has 1 amide bonds. The molecule has 0 heterocycles. The van der Waals surface area contributed by atoms with Crippen LogP contribution in [0.4, 0.5) is 0 Å². The number of amides is 1. The van der Waals surface area contributed by atoms with Crippen LogP contribution in [0.3, 0.4) is 0 Å². The topological polar surface area (TPSA) is 64.3 Å². The SMILES string of the molecule is CCCOc1ccc(CCC(=O)NC(CN)CC(C)C)cc1.Cl. The van der Waals surface area contributed by atoms with E-state index in [2.05, 4.69) is 26.1 Å². The van der Waals surface area contributed by atoms with Gasteiger partial charge >= 0.3 is 0 Å². The zero-order chi connectivity index (χ0) is 16.4. The van der Waals surface area contributed by atoms with Crippen LogP contribution in [0.5, 0.6) is 5.75 Å². The van der Waals surface area contributed by atoms with E-state index in [1.807, 2.05) is 24.3 Å². The summed E-state index contributed by atoms with van der Waals surface area (Å²) in [5.41, 5.74) is 6.85. The van der Waals surface area contributed by atoms with Gasteiger partial charge in [-0.15, -0.1) is 12.4 Å². The molecule has 0 saturated heterocycles. The Morgan fingerprint density at radius 2 is 1.91 bits per heavy atom. The van der Waals surface area contributed by atoms with E-state index in [0.717, 1.165) is 37.2 Å². The minimum Gasteiger partial charge on any atom is -0.494 e. The molecule has 5 heteroatoms. The van der Waals surface area contributed by atoms with Crippen LogP contribution in [0.1, 0.15) is 45.6 Å². The first-order valence-electron chi connectivity index (χ1n) is 8.26. The molecule has 0 aliphatic rings. The maximum absolute atomic E-state index is 12.0. The van der Waals surface area contributed by atoms with E-state index in [0.29, 0.717) is 18.9 Å². The predicted octanol–water partition coefficient (Wildman–Crippen LogP) is 3.32. The lowest BCUT2D eigenvalue weighted by Gasteiger charge is -2.18. The Kier molecular flexibility index (Phi) is 11.5. The van der Waals surface area contributed by atoms with Gasteiger partial charge in [0.05, 0.1) is 6.61 Å². The van der Waals surface area contributed by atoms with Gasteiger partial charge in [0.15, 0.2) is 0 Å². The molecule has 0 aliphatic heterocycles. The monoisotopic (exact) mass is 342 g/mol. The highest BCUT2D eigenvalue weighted by atomic mass is 35.5. The molecular formula is C18H31ClN2O2. The van der Waals surface area contributed by atoms with Crippen LogP contribution in [0.25, 0.3) is 0 Å². The maximum Gasteiger partial charge on any atom is 0.220 e. The fourth-order valence-electron chi connectivity index (χ4n) is 2.31. The van der Waals surface area contributed by atoms with Crippen LogP contribution in [-0.2, 0) is 11.2 Å². The normalized spacial score (nSPS) is 11.7. The van der Waals surface area contributed by atoms with E-state index in [9.17, 15) is 4.79 Å². The van der Waals surface area contributed by atoms with Crippen molar-refractivity contribution in [1.29, 1.82) is 0 Å². The van der Waals surface area contributed by atoms with E-state index in [1.165, 1.54) is 0 Å². The molecule has 0 aromatic heterocycles. The van der Waals surface area contributed by atoms with Gasteiger partial charge in [-0.3, -0.25) is 4.79 Å². The van der Waals surface area contributed by atoms with Crippen molar-refractivity contribution in [1.82, 2.24) is 5.32 Å². The average molecular weight is 343 g/mol. The molecular weight excluding hydrogens is 312 g/mol. The largest absolute Gasteiger partial charge is 0.494 e. The smallest absolute Gasteiger partial charge is 0.220 e. The summed E-state index contributed by atoms with van der Waals surface area (Å²) in [5, 5.41) is 3.02. The van der Waals surface area contributed by atoms with Crippen molar-refractivity contribution in [3.8, 4) is 5.75 Å². The van der Waals surface area contributed by atoms with Crippen LogP contribution in [0.2, 0.25) is 0 Å². The standard InChI is InChI=1S/C18H30N2O2.ClH/c1-4-11-22-17-8-5-15(6-9-17)7-10-18(21)20-16(13-19)12-14(2)3;/h5-6,8-9,14,16H,4,7,10-13,19H2,1-3H3,(H,20,21);1H. The molecule has 1 aromatic rings. The Morgan fingerprint density at radius 1 is 1.26 bits per heavy atom. The highest BCUT2D eigenvalue weighted by molar-refractivity contribution is 5.85. The molecule has 3 N–H and O–H groups in total. The molecule has 132 valence electrons. The van der Waals surface area contributed by atoms with Crippen LogP contribution in [0, 0.1) is 5.92 Å².